The van der Waals surface area contributed by atoms with E-state index in [0.717, 1.165) is 17.9 Å². The summed E-state index contributed by atoms with van der Waals surface area (Å²) in [6.45, 7) is 6.30. The monoisotopic (exact) mass is 346 g/mol. The molecule has 1 atom stereocenters. The van der Waals surface area contributed by atoms with E-state index < -0.39 is 0 Å². The molecule has 0 saturated carbocycles. The molecular formula is C20H30N2O3. The maximum Gasteiger partial charge on any atom is 0.244 e. The minimum atomic E-state index is -0.0876. The molecule has 1 fully saturated rings. The molecule has 1 amide bonds. The van der Waals surface area contributed by atoms with Crippen molar-refractivity contribution in [3.63, 3.8) is 0 Å². The summed E-state index contributed by atoms with van der Waals surface area (Å²) in [5.74, 6) is 1.80. The number of carbonyl (C=O) groups is 1. The number of hydrogen-bond donors (Lipinski definition) is 1. The number of amides is 1. The standard InChI is InChI=1S/C20H30N2O3/c1-16(15-22-11-5-4-6-12-22)14-21-20(23)10-7-17-13-18(24-2)8-9-19(17)25-3/h7-10,13,16H,4-6,11-12,14-15H2,1-3H3,(H,21,23)/b10-7+. The van der Waals surface area contributed by atoms with E-state index in [1.54, 1.807) is 26.4 Å². The van der Waals surface area contributed by atoms with E-state index in [4.69, 9.17) is 9.47 Å². The maximum atomic E-state index is 12.1. The van der Waals surface area contributed by atoms with Crippen LogP contribution in [0.4, 0.5) is 0 Å². The fourth-order valence-electron chi connectivity index (χ4n) is 3.12. The topological polar surface area (TPSA) is 50.8 Å². The zero-order valence-corrected chi connectivity index (χ0v) is 15.6. The van der Waals surface area contributed by atoms with Crippen molar-refractivity contribution in [2.75, 3.05) is 40.4 Å². The first kappa shape index (κ1) is 19.3. The summed E-state index contributed by atoms with van der Waals surface area (Å²) in [5, 5.41) is 2.98. The molecule has 0 spiro atoms. The highest BCUT2D eigenvalue weighted by molar-refractivity contribution is 5.92. The van der Waals surface area contributed by atoms with E-state index in [1.807, 2.05) is 18.2 Å². The van der Waals surface area contributed by atoms with Crippen molar-refractivity contribution in [3.05, 3.63) is 29.8 Å². The van der Waals surface area contributed by atoms with E-state index >= 15 is 0 Å². The predicted molar refractivity (Wildman–Crippen MR) is 101 cm³/mol. The Labute approximate surface area is 151 Å². The molecule has 0 aromatic heterocycles. The number of nitrogens with zero attached hydrogens (tertiary/aromatic N) is 1. The molecule has 5 heteroatoms. The third-order valence-electron chi connectivity index (χ3n) is 4.49. The van der Waals surface area contributed by atoms with Gasteiger partial charge in [-0.2, -0.15) is 0 Å². The zero-order valence-electron chi connectivity index (χ0n) is 15.6. The summed E-state index contributed by atoms with van der Waals surface area (Å²) >= 11 is 0. The van der Waals surface area contributed by atoms with Crippen LogP contribution in [0.3, 0.4) is 0 Å². The quantitative estimate of drug-likeness (QED) is 0.735. The Bertz CT molecular complexity index is 580. The lowest BCUT2D eigenvalue weighted by atomic mass is 10.1. The highest BCUT2D eigenvalue weighted by atomic mass is 16.5. The lowest BCUT2D eigenvalue weighted by Crippen LogP contribution is -2.37. The molecule has 1 N–H and O–H groups in total. The molecule has 1 unspecified atom stereocenters. The van der Waals surface area contributed by atoms with Crippen LogP contribution in [0.5, 0.6) is 11.5 Å². The van der Waals surface area contributed by atoms with Gasteiger partial charge in [0.15, 0.2) is 0 Å². The number of benzene rings is 1. The molecule has 25 heavy (non-hydrogen) atoms. The molecule has 1 heterocycles. The van der Waals surface area contributed by atoms with Gasteiger partial charge in [0.2, 0.25) is 5.91 Å². The molecule has 1 aromatic carbocycles. The smallest absolute Gasteiger partial charge is 0.244 e. The number of nitrogens with one attached hydrogen (secondary N) is 1. The van der Waals surface area contributed by atoms with Crippen LogP contribution in [-0.2, 0) is 4.79 Å². The van der Waals surface area contributed by atoms with Gasteiger partial charge in [0.05, 0.1) is 14.2 Å². The van der Waals surface area contributed by atoms with Gasteiger partial charge in [-0.3, -0.25) is 4.79 Å². The predicted octanol–water partition coefficient (Wildman–Crippen LogP) is 2.96. The Morgan fingerprint density at radius 1 is 1.24 bits per heavy atom. The molecule has 1 aliphatic rings. The molecule has 0 bridgehead atoms. The Morgan fingerprint density at radius 3 is 2.68 bits per heavy atom. The molecule has 2 rings (SSSR count). The largest absolute Gasteiger partial charge is 0.497 e. The molecule has 0 radical (unpaired) electrons. The van der Waals surface area contributed by atoms with E-state index in [1.165, 1.54) is 32.4 Å². The van der Waals surface area contributed by atoms with Crippen LogP contribution >= 0.6 is 0 Å². The summed E-state index contributed by atoms with van der Waals surface area (Å²) in [6.07, 6.45) is 7.24. The number of methoxy groups -OCH3 is 2. The molecule has 1 aliphatic heterocycles. The Balaban J connectivity index is 1.82. The van der Waals surface area contributed by atoms with Crippen molar-refractivity contribution in [2.24, 2.45) is 5.92 Å². The van der Waals surface area contributed by atoms with Gasteiger partial charge in [-0.1, -0.05) is 13.3 Å². The number of rotatable bonds is 8. The maximum absolute atomic E-state index is 12.1. The first-order valence-electron chi connectivity index (χ1n) is 9.02. The summed E-state index contributed by atoms with van der Waals surface area (Å²) in [6, 6.07) is 5.51. The van der Waals surface area contributed by atoms with Gasteiger partial charge in [-0.05, 0) is 56.1 Å². The summed E-state index contributed by atoms with van der Waals surface area (Å²) < 4.78 is 10.5. The van der Waals surface area contributed by atoms with Crippen molar-refractivity contribution >= 4 is 12.0 Å². The van der Waals surface area contributed by atoms with Crippen molar-refractivity contribution in [1.82, 2.24) is 10.2 Å². The number of piperidine rings is 1. The molecule has 0 aliphatic carbocycles. The van der Waals surface area contributed by atoms with Crippen molar-refractivity contribution in [1.29, 1.82) is 0 Å². The SMILES string of the molecule is COc1ccc(OC)c(/C=C/C(=O)NCC(C)CN2CCCCC2)c1. The normalized spacial score (nSPS) is 16.6. The summed E-state index contributed by atoms with van der Waals surface area (Å²) in [7, 11) is 3.23. The summed E-state index contributed by atoms with van der Waals surface area (Å²) in [5.41, 5.74) is 0.818. The van der Waals surface area contributed by atoms with E-state index in [2.05, 4.69) is 17.1 Å². The highest BCUT2D eigenvalue weighted by Crippen LogP contribution is 2.25. The minimum absolute atomic E-state index is 0.0876. The fraction of sp³-hybridized carbons (Fsp3) is 0.550. The second-order valence-electron chi connectivity index (χ2n) is 6.65. The highest BCUT2D eigenvalue weighted by Gasteiger charge is 2.13. The molecule has 5 nitrogen and oxygen atoms in total. The molecule has 1 saturated heterocycles. The van der Waals surface area contributed by atoms with E-state index in [0.29, 0.717) is 18.2 Å². The van der Waals surface area contributed by atoms with E-state index in [9.17, 15) is 4.79 Å². The number of ether oxygens (including phenoxy) is 2. The number of hydrogen-bond acceptors (Lipinski definition) is 4. The van der Waals surface area contributed by atoms with Gasteiger partial charge < -0.3 is 19.7 Å². The van der Waals surface area contributed by atoms with Crippen molar-refractivity contribution in [3.8, 4) is 11.5 Å². The van der Waals surface area contributed by atoms with Crippen LogP contribution in [0.2, 0.25) is 0 Å². The van der Waals surface area contributed by atoms with Gasteiger partial charge in [-0.15, -0.1) is 0 Å². The number of likely N-dealkylation sites (tertiary alicyclic amines) is 1. The lowest BCUT2D eigenvalue weighted by Gasteiger charge is -2.29. The van der Waals surface area contributed by atoms with Gasteiger partial charge in [0.1, 0.15) is 11.5 Å². The van der Waals surface area contributed by atoms with Gasteiger partial charge >= 0.3 is 0 Å². The average molecular weight is 346 g/mol. The van der Waals surface area contributed by atoms with Crippen LogP contribution in [0.15, 0.2) is 24.3 Å². The number of carbonyl (C=O) groups excluding carboxylic acids is 1. The van der Waals surface area contributed by atoms with Crippen LogP contribution < -0.4 is 14.8 Å². The fourth-order valence-corrected chi connectivity index (χ4v) is 3.12. The second-order valence-corrected chi connectivity index (χ2v) is 6.65. The Morgan fingerprint density at radius 2 is 2.00 bits per heavy atom. The van der Waals surface area contributed by atoms with E-state index in [-0.39, 0.29) is 5.91 Å². The Kier molecular flexibility index (Phi) is 7.79. The molecule has 1 aromatic rings. The lowest BCUT2D eigenvalue weighted by molar-refractivity contribution is -0.116. The van der Waals surface area contributed by atoms with Crippen LogP contribution in [0, 0.1) is 5.92 Å². The average Bonchev–Trinajstić information content (AvgIpc) is 2.65. The zero-order chi connectivity index (χ0) is 18.1. The van der Waals surface area contributed by atoms with Crippen LogP contribution in [0.1, 0.15) is 31.7 Å². The second kappa shape index (κ2) is 10.1. The van der Waals surface area contributed by atoms with Gasteiger partial charge in [0, 0.05) is 24.7 Å². The Hall–Kier alpha value is -2.01. The van der Waals surface area contributed by atoms with Gasteiger partial charge in [0.25, 0.3) is 0 Å². The third kappa shape index (κ3) is 6.42. The first-order valence-corrected chi connectivity index (χ1v) is 9.02. The first-order chi connectivity index (χ1) is 12.1. The molecule has 138 valence electrons. The molecular weight excluding hydrogens is 316 g/mol. The van der Waals surface area contributed by atoms with Crippen LogP contribution in [0.25, 0.3) is 6.08 Å². The minimum Gasteiger partial charge on any atom is -0.497 e. The third-order valence-corrected chi connectivity index (χ3v) is 4.49. The van der Waals surface area contributed by atoms with Crippen LogP contribution in [-0.4, -0.2) is 51.2 Å². The summed E-state index contributed by atoms with van der Waals surface area (Å²) in [4.78, 5) is 14.6. The van der Waals surface area contributed by atoms with Crippen molar-refractivity contribution < 1.29 is 14.3 Å². The van der Waals surface area contributed by atoms with Crippen molar-refractivity contribution in [2.45, 2.75) is 26.2 Å². The van der Waals surface area contributed by atoms with Gasteiger partial charge in [-0.25, -0.2) is 0 Å².